The highest BCUT2D eigenvalue weighted by Gasteiger charge is 2.11. The summed E-state index contributed by atoms with van der Waals surface area (Å²) in [6.07, 6.45) is 0.922. The van der Waals surface area contributed by atoms with E-state index in [4.69, 9.17) is 14.2 Å². The van der Waals surface area contributed by atoms with Crippen LogP contribution in [0.5, 0.6) is 23.0 Å². The fourth-order valence-corrected chi connectivity index (χ4v) is 1.17. The van der Waals surface area contributed by atoms with Gasteiger partial charge in [-0.05, 0) is 6.42 Å². The zero-order valence-corrected chi connectivity index (χ0v) is 9.24. The van der Waals surface area contributed by atoms with Crippen molar-refractivity contribution in [2.24, 2.45) is 0 Å². The maximum atomic E-state index is 9.63. The second kappa shape index (κ2) is 5.34. The van der Waals surface area contributed by atoms with Crippen molar-refractivity contribution < 1.29 is 19.3 Å². The molecule has 0 aliphatic carbocycles. The summed E-state index contributed by atoms with van der Waals surface area (Å²) in [6.45, 7) is 2.64. The molecule has 0 amide bonds. The van der Waals surface area contributed by atoms with Crippen molar-refractivity contribution in [3.05, 3.63) is 12.1 Å². The van der Waals surface area contributed by atoms with E-state index in [2.05, 4.69) is 0 Å². The lowest BCUT2D eigenvalue weighted by Crippen LogP contribution is -1.97. The van der Waals surface area contributed by atoms with Crippen molar-refractivity contribution >= 4 is 0 Å². The second-order valence-electron chi connectivity index (χ2n) is 3.02. The first kappa shape index (κ1) is 11.5. The number of benzene rings is 1. The van der Waals surface area contributed by atoms with E-state index in [0.717, 1.165) is 6.42 Å². The zero-order chi connectivity index (χ0) is 11.3. The second-order valence-corrected chi connectivity index (χ2v) is 3.02. The molecule has 1 N–H and O–H groups in total. The number of aromatic hydroxyl groups is 1. The van der Waals surface area contributed by atoms with Crippen molar-refractivity contribution in [1.82, 2.24) is 0 Å². The van der Waals surface area contributed by atoms with E-state index in [9.17, 15) is 5.11 Å². The molecule has 0 saturated heterocycles. The third-order valence-corrected chi connectivity index (χ3v) is 1.93. The highest BCUT2D eigenvalue weighted by molar-refractivity contribution is 5.54. The summed E-state index contributed by atoms with van der Waals surface area (Å²) < 4.78 is 15.4. The lowest BCUT2D eigenvalue weighted by Gasteiger charge is -2.11. The quantitative estimate of drug-likeness (QED) is 0.812. The molecule has 0 aliphatic rings. The summed E-state index contributed by atoms with van der Waals surface area (Å²) in [5, 5.41) is 9.63. The minimum atomic E-state index is -0.0103. The van der Waals surface area contributed by atoms with Crippen LogP contribution in [0.2, 0.25) is 0 Å². The smallest absolute Gasteiger partial charge is 0.201 e. The van der Waals surface area contributed by atoms with Gasteiger partial charge < -0.3 is 19.3 Å². The topological polar surface area (TPSA) is 47.9 Å². The molecule has 4 heteroatoms. The molecule has 1 aromatic rings. The van der Waals surface area contributed by atoms with Crippen LogP contribution in [0.3, 0.4) is 0 Å². The third kappa shape index (κ3) is 2.68. The van der Waals surface area contributed by atoms with Crippen LogP contribution in [-0.4, -0.2) is 25.9 Å². The fraction of sp³-hybridized carbons (Fsp3) is 0.455. The maximum Gasteiger partial charge on any atom is 0.201 e. The molecule has 1 aromatic carbocycles. The minimum absolute atomic E-state index is 0.0103. The zero-order valence-electron chi connectivity index (χ0n) is 9.24. The minimum Gasteiger partial charge on any atom is -0.502 e. The number of phenolic OH excluding ortho intramolecular Hbond substituents is 1. The van der Waals surface area contributed by atoms with Gasteiger partial charge in [0.05, 0.1) is 20.8 Å². The fourth-order valence-electron chi connectivity index (χ4n) is 1.17. The normalized spacial score (nSPS) is 9.80. The molecule has 0 saturated carbocycles. The van der Waals surface area contributed by atoms with Gasteiger partial charge in [0.25, 0.3) is 0 Å². The molecule has 0 unspecified atom stereocenters. The average molecular weight is 212 g/mol. The van der Waals surface area contributed by atoms with Crippen LogP contribution in [-0.2, 0) is 0 Å². The number of phenols is 1. The first-order valence-electron chi connectivity index (χ1n) is 4.80. The highest BCUT2D eigenvalue weighted by atomic mass is 16.5. The summed E-state index contributed by atoms with van der Waals surface area (Å²) in [5.74, 6) is 1.31. The Morgan fingerprint density at radius 2 is 1.67 bits per heavy atom. The third-order valence-electron chi connectivity index (χ3n) is 1.93. The van der Waals surface area contributed by atoms with Crippen molar-refractivity contribution in [2.75, 3.05) is 20.8 Å². The molecule has 15 heavy (non-hydrogen) atoms. The number of ether oxygens (including phenoxy) is 3. The summed E-state index contributed by atoms with van der Waals surface area (Å²) in [7, 11) is 2.97. The van der Waals surface area contributed by atoms with Crippen molar-refractivity contribution in [2.45, 2.75) is 13.3 Å². The first-order chi connectivity index (χ1) is 7.22. The Bertz CT molecular complexity index is 297. The summed E-state index contributed by atoms with van der Waals surface area (Å²) in [4.78, 5) is 0. The predicted octanol–water partition coefficient (Wildman–Crippen LogP) is 2.20. The van der Waals surface area contributed by atoms with Crippen LogP contribution in [0, 0.1) is 0 Å². The standard InChI is InChI=1S/C11H16O4/c1-4-5-15-8-6-9(13-2)11(12)10(7-8)14-3/h6-7,12H,4-5H2,1-3H3. The Balaban J connectivity index is 2.98. The molecule has 0 atom stereocenters. The van der Waals surface area contributed by atoms with Crippen molar-refractivity contribution in [3.8, 4) is 23.0 Å². The largest absolute Gasteiger partial charge is 0.502 e. The number of rotatable bonds is 5. The van der Waals surface area contributed by atoms with E-state index in [0.29, 0.717) is 23.9 Å². The molecule has 0 radical (unpaired) electrons. The van der Waals surface area contributed by atoms with Crippen LogP contribution in [0.25, 0.3) is 0 Å². The molecular formula is C11H16O4. The summed E-state index contributed by atoms with van der Waals surface area (Å²) in [6, 6.07) is 3.26. The number of hydrogen-bond acceptors (Lipinski definition) is 4. The molecule has 0 aliphatic heterocycles. The van der Waals surface area contributed by atoms with Crippen LogP contribution in [0.4, 0.5) is 0 Å². The van der Waals surface area contributed by atoms with Gasteiger partial charge in [0.1, 0.15) is 5.75 Å². The molecule has 84 valence electrons. The molecule has 1 rings (SSSR count). The molecule has 4 nitrogen and oxygen atoms in total. The van der Waals surface area contributed by atoms with Gasteiger partial charge in [0.2, 0.25) is 5.75 Å². The van der Waals surface area contributed by atoms with Gasteiger partial charge in [-0.1, -0.05) is 6.92 Å². The van der Waals surface area contributed by atoms with Gasteiger partial charge in [-0.2, -0.15) is 0 Å². The maximum absolute atomic E-state index is 9.63. The predicted molar refractivity (Wildman–Crippen MR) is 57.0 cm³/mol. The van der Waals surface area contributed by atoms with Gasteiger partial charge >= 0.3 is 0 Å². The first-order valence-corrected chi connectivity index (χ1v) is 4.80. The van der Waals surface area contributed by atoms with E-state index in [1.165, 1.54) is 14.2 Å². The van der Waals surface area contributed by atoms with E-state index in [1.807, 2.05) is 6.92 Å². The molecule has 0 heterocycles. The van der Waals surface area contributed by atoms with Crippen LogP contribution >= 0.6 is 0 Å². The van der Waals surface area contributed by atoms with E-state index in [-0.39, 0.29) is 5.75 Å². The molecule has 0 aromatic heterocycles. The van der Waals surface area contributed by atoms with E-state index < -0.39 is 0 Å². The Hall–Kier alpha value is -1.58. The summed E-state index contributed by atoms with van der Waals surface area (Å²) >= 11 is 0. The van der Waals surface area contributed by atoms with Crippen molar-refractivity contribution in [3.63, 3.8) is 0 Å². The highest BCUT2D eigenvalue weighted by Crippen LogP contribution is 2.39. The van der Waals surface area contributed by atoms with Crippen LogP contribution in [0.15, 0.2) is 12.1 Å². The lowest BCUT2D eigenvalue weighted by molar-refractivity contribution is 0.302. The van der Waals surface area contributed by atoms with Gasteiger partial charge in [-0.25, -0.2) is 0 Å². The van der Waals surface area contributed by atoms with E-state index in [1.54, 1.807) is 12.1 Å². The molecule has 0 fully saturated rings. The Morgan fingerprint density at radius 3 is 2.07 bits per heavy atom. The van der Waals surface area contributed by atoms with Gasteiger partial charge in [-0.3, -0.25) is 0 Å². The van der Waals surface area contributed by atoms with Gasteiger partial charge in [0, 0.05) is 12.1 Å². The van der Waals surface area contributed by atoms with Gasteiger partial charge in [-0.15, -0.1) is 0 Å². The molecular weight excluding hydrogens is 196 g/mol. The number of methoxy groups -OCH3 is 2. The number of hydrogen-bond donors (Lipinski definition) is 1. The monoisotopic (exact) mass is 212 g/mol. The van der Waals surface area contributed by atoms with E-state index >= 15 is 0 Å². The van der Waals surface area contributed by atoms with Crippen LogP contribution < -0.4 is 14.2 Å². The van der Waals surface area contributed by atoms with Gasteiger partial charge in [0.15, 0.2) is 11.5 Å². The lowest BCUT2D eigenvalue weighted by atomic mass is 10.2. The Morgan fingerprint density at radius 1 is 1.13 bits per heavy atom. The molecule has 0 spiro atoms. The Kier molecular flexibility index (Phi) is 4.09. The summed E-state index contributed by atoms with van der Waals surface area (Å²) in [5.41, 5.74) is 0. The van der Waals surface area contributed by atoms with Crippen molar-refractivity contribution in [1.29, 1.82) is 0 Å². The molecule has 0 bridgehead atoms. The Labute approximate surface area is 89.4 Å². The van der Waals surface area contributed by atoms with Crippen LogP contribution in [0.1, 0.15) is 13.3 Å². The SMILES string of the molecule is CCCOc1cc(OC)c(O)c(OC)c1. The average Bonchev–Trinajstić information content (AvgIpc) is 2.27.